The highest BCUT2D eigenvalue weighted by molar-refractivity contribution is 7.51. The third kappa shape index (κ3) is 10.6. The van der Waals surface area contributed by atoms with Crippen molar-refractivity contribution in [2.24, 2.45) is 11.8 Å². The van der Waals surface area contributed by atoms with Gasteiger partial charge in [0.15, 0.2) is 0 Å². The van der Waals surface area contributed by atoms with Crippen LogP contribution in [0.1, 0.15) is 79.1 Å². The Hall–Kier alpha value is -0.0500. The van der Waals surface area contributed by atoms with E-state index in [9.17, 15) is 4.57 Å². The predicted molar refractivity (Wildman–Crippen MR) is 133 cm³/mol. The van der Waals surface area contributed by atoms with Crippen LogP contribution < -0.4 is 0 Å². The first-order valence-electron chi connectivity index (χ1n) is 13.4. The molecule has 2 rings (SSSR count). The van der Waals surface area contributed by atoms with Gasteiger partial charge in [-0.1, -0.05) is 66.2 Å². The molecule has 2 aliphatic heterocycles. The van der Waals surface area contributed by atoms with Gasteiger partial charge in [0, 0.05) is 39.3 Å². The first-order valence-corrected chi connectivity index (χ1v) is 14.9. The smallest absolute Gasteiger partial charge is 0.379 e. The van der Waals surface area contributed by atoms with Crippen molar-refractivity contribution in [2.45, 2.75) is 79.1 Å². The van der Waals surface area contributed by atoms with Crippen molar-refractivity contribution in [3.63, 3.8) is 0 Å². The maximum Gasteiger partial charge on any atom is 0.441 e. The zero-order chi connectivity index (χ0) is 23.9. The standard InChI is InChI=1S/C24H50N3O5P/c1-5-9-11-23(7-3)21-27(22-24(8-4)12-10-6-2)33(28,31-25-13-17-29-18-14-25)32-26-15-19-30-20-16-26/h23-24H,5-22H2,1-4H3. The largest absolute Gasteiger partial charge is 0.441 e. The Labute approximate surface area is 202 Å². The van der Waals surface area contributed by atoms with Gasteiger partial charge in [-0.15, -0.1) is 0 Å². The van der Waals surface area contributed by atoms with E-state index in [0.717, 1.165) is 38.8 Å². The maximum atomic E-state index is 14.6. The SMILES string of the molecule is CCCCC(CC)CN(CC(CC)CCCC)P(=O)(ON1CCOCC1)ON1CCOCC1. The van der Waals surface area contributed by atoms with E-state index >= 15 is 0 Å². The zero-order valence-corrected chi connectivity index (χ0v) is 22.6. The molecule has 2 heterocycles. The highest BCUT2D eigenvalue weighted by atomic mass is 31.2. The van der Waals surface area contributed by atoms with Gasteiger partial charge in [0.05, 0.1) is 26.4 Å². The van der Waals surface area contributed by atoms with Crippen LogP contribution in [-0.2, 0) is 23.3 Å². The molecular weight excluding hydrogens is 441 g/mol. The van der Waals surface area contributed by atoms with Gasteiger partial charge in [0.2, 0.25) is 0 Å². The summed E-state index contributed by atoms with van der Waals surface area (Å²) in [4.78, 5) is 0. The number of hydroxylamine groups is 4. The molecule has 0 aromatic heterocycles. The van der Waals surface area contributed by atoms with Crippen LogP contribution in [0.2, 0.25) is 0 Å². The van der Waals surface area contributed by atoms with E-state index in [2.05, 4.69) is 32.4 Å². The summed E-state index contributed by atoms with van der Waals surface area (Å²) in [7, 11) is -3.59. The average Bonchev–Trinajstić information content (AvgIpc) is 2.84. The fourth-order valence-corrected chi connectivity index (χ4v) is 6.38. The monoisotopic (exact) mass is 491 g/mol. The minimum atomic E-state index is -3.59. The summed E-state index contributed by atoms with van der Waals surface area (Å²) in [6.45, 7) is 15.2. The zero-order valence-electron chi connectivity index (χ0n) is 21.7. The molecule has 2 fully saturated rings. The van der Waals surface area contributed by atoms with Gasteiger partial charge in [-0.05, 0) is 24.7 Å². The molecular formula is C24H50N3O5P. The van der Waals surface area contributed by atoms with Crippen molar-refractivity contribution in [3.05, 3.63) is 0 Å². The van der Waals surface area contributed by atoms with E-state index in [4.69, 9.17) is 18.7 Å². The van der Waals surface area contributed by atoms with Crippen LogP contribution in [-0.4, -0.2) is 80.5 Å². The van der Waals surface area contributed by atoms with Crippen molar-refractivity contribution in [1.82, 2.24) is 14.8 Å². The second-order valence-corrected chi connectivity index (χ2v) is 11.2. The molecule has 0 N–H and O–H groups in total. The third-order valence-corrected chi connectivity index (χ3v) is 8.64. The number of nitrogens with zero attached hydrogens (tertiary/aromatic N) is 3. The van der Waals surface area contributed by atoms with Gasteiger partial charge < -0.3 is 9.47 Å². The third-order valence-electron chi connectivity index (χ3n) is 6.75. The molecule has 8 nitrogen and oxygen atoms in total. The lowest BCUT2D eigenvalue weighted by Crippen LogP contribution is -2.43. The molecule has 196 valence electrons. The lowest BCUT2D eigenvalue weighted by atomic mass is 9.97. The Morgan fingerprint density at radius 1 is 0.758 bits per heavy atom. The van der Waals surface area contributed by atoms with Crippen LogP contribution in [0.4, 0.5) is 0 Å². The predicted octanol–water partition coefficient (Wildman–Crippen LogP) is 5.36. The van der Waals surface area contributed by atoms with E-state index in [0.29, 0.717) is 64.4 Å². The van der Waals surface area contributed by atoms with E-state index < -0.39 is 7.75 Å². The Balaban J connectivity index is 2.26. The van der Waals surface area contributed by atoms with E-state index in [1.54, 1.807) is 10.1 Å². The van der Waals surface area contributed by atoms with Crippen molar-refractivity contribution < 1.29 is 23.3 Å². The van der Waals surface area contributed by atoms with E-state index in [1.807, 2.05) is 0 Å². The molecule has 0 aromatic carbocycles. The maximum absolute atomic E-state index is 14.6. The molecule has 0 amide bonds. The molecule has 33 heavy (non-hydrogen) atoms. The van der Waals surface area contributed by atoms with Crippen LogP contribution in [0.15, 0.2) is 0 Å². The lowest BCUT2D eigenvalue weighted by molar-refractivity contribution is -0.175. The van der Waals surface area contributed by atoms with E-state index in [-0.39, 0.29) is 0 Å². The average molecular weight is 492 g/mol. The first kappa shape index (κ1) is 29.2. The van der Waals surface area contributed by atoms with Crippen molar-refractivity contribution in [2.75, 3.05) is 65.7 Å². The molecule has 0 bridgehead atoms. The summed E-state index contributed by atoms with van der Waals surface area (Å²) in [5.74, 6) is 0.951. The topological polar surface area (TPSA) is 63.7 Å². The van der Waals surface area contributed by atoms with Gasteiger partial charge in [0.1, 0.15) is 0 Å². The van der Waals surface area contributed by atoms with E-state index in [1.165, 1.54) is 25.7 Å². The molecule has 2 atom stereocenters. The number of morpholine rings is 2. The number of unbranched alkanes of at least 4 members (excludes halogenated alkanes) is 2. The Kier molecular flexibility index (Phi) is 14.7. The van der Waals surface area contributed by atoms with Crippen molar-refractivity contribution in [3.8, 4) is 0 Å². The van der Waals surface area contributed by atoms with Gasteiger partial charge >= 0.3 is 7.75 Å². The molecule has 0 spiro atoms. The second-order valence-electron chi connectivity index (χ2n) is 9.42. The van der Waals surface area contributed by atoms with Gasteiger partial charge in [0.25, 0.3) is 0 Å². The molecule has 9 heteroatoms. The molecule has 0 aliphatic carbocycles. The first-order chi connectivity index (χ1) is 16.0. The molecule has 0 aromatic rings. The molecule has 2 unspecified atom stereocenters. The summed E-state index contributed by atoms with van der Waals surface area (Å²) in [5, 5.41) is 3.58. The summed E-state index contributed by atoms with van der Waals surface area (Å²) in [5.41, 5.74) is 0. The van der Waals surface area contributed by atoms with Gasteiger partial charge in [-0.25, -0.2) is 18.5 Å². The normalized spacial score (nSPS) is 20.9. The highest BCUT2D eigenvalue weighted by Gasteiger charge is 2.41. The van der Waals surface area contributed by atoms with Crippen molar-refractivity contribution in [1.29, 1.82) is 0 Å². The fraction of sp³-hybridized carbons (Fsp3) is 1.00. The van der Waals surface area contributed by atoms with Crippen molar-refractivity contribution >= 4 is 7.75 Å². The molecule has 2 saturated heterocycles. The number of hydrogen-bond acceptors (Lipinski definition) is 7. The lowest BCUT2D eigenvalue weighted by Gasteiger charge is -2.40. The number of ether oxygens (including phenoxy) is 2. The second kappa shape index (κ2) is 16.6. The molecule has 2 aliphatic rings. The molecule has 0 radical (unpaired) electrons. The quantitative estimate of drug-likeness (QED) is 0.252. The van der Waals surface area contributed by atoms with Crippen LogP contribution in [0, 0.1) is 11.8 Å². The van der Waals surface area contributed by atoms with Crippen LogP contribution in [0.25, 0.3) is 0 Å². The highest BCUT2D eigenvalue weighted by Crippen LogP contribution is 2.55. The van der Waals surface area contributed by atoms with Gasteiger partial charge in [-0.2, -0.15) is 10.1 Å². The Morgan fingerprint density at radius 2 is 1.15 bits per heavy atom. The van der Waals surface area contributed by atoms with Crippen LogP contribution in [0.5, 0.6) is 0 Å². The summed E-state index contributed by atoms with van der Waals surface area (Å²) in [6.07, 6.45) is 9.16. The van der Waals surface area contributed by atoms with Crippen LogP contribution in [0.3, 0.4) is 0 Å². The summed E-state index contributed by atoms with van der Waals surface area (Å²) in [6, 6.07) is 0. The Bertz CT molecular complexity index is 502. The minimum Gasteiger partial charge on any atom is -0.379 e. The minimum absolute atomic E-state index is 0.475. The number of hydrogen-bond donors (Lipinski definition) is 0. The fourth-order valence-electron chi connectivity index (χ4n) is 4.37. The Morgan fingerprint density at radius 3 is 1.48 bits per heavy atom. The summed E-state index contributed by atoms with van der Waals surface area (Å²) >= 11 is 0. The molecule has 0 saturated carbocycles. The summed E-state index contributed by atoms with van der Waals surface area (Å²) < 4.78 is 40.2. The van der Waals surface area contributed by atoms with Crippen LogP contribution >= 0.6 is 7.75 Å². The number of rotatable bonds is 17. The van der Waals surface area contributed by atoms with Gasteiger partial charge in [-0.3, -0.25) is 0 Å².